The molecule has 0 amide bonds. The van der Waals surface area contributed by atoms with E-state index in [1.165, 1.54) is 6.20 Å². The second-order valence-electron chi connectivity index (χ2n) is 2.71. The number of allylic oxidation sites excluding steroid dienone is 1. The second-order valence-corrected chi connectivity index (χ2v) is 2.71. The molecule has 0 aliphatic carbocycles. The number of rotatable bonds is 1. The molecule has 0 atom stereocenters. The molecule has 3 heteroatoms. The van der Waals surface area contributed by atoms with E-state index >= 15 is 0 Å². The monoisotopic (exact) mass is 173 g/mol. The Morgan fingerprint density at radius 3 is 2.77 bits per heavy atom. The Bertz CT molecular complexity index is 386. The van der Waals surface area contributed by atoms with E-state index in [9.17, 15) is 0 Å². The Kier molecular flexibility index (Phi) is 2.56. The molecule has 0 saturated carbocycles. The van der Waals surface area contributed by atoms with Crippen LogP contribution >= 0.6 is 0 Å². The summed E-state index contributed by atoms with van der Waals surface area (Å²) in [6, 6.07) is 7.44. The van der Waals surface area contributed by atoms with Crippen molar-refractivity contribution in [3.05, 3.63) is 35.5 Å². The van der Waals surface area contributed by atoms with Gasteiger partial charge in [-0.15, -0.1) is 0 Å². The highest BCUT2D eigenvalue weighted by molar-refractivity contribution is 5.80. The van der Waals surface area contributed by atoms with Crippen molar-refractivity contribution in [2.24, 2.45) is 5.73 Å². The summed E-state index contributed by atoms with van der Waals surface area (Å²) in [7, 11) is 0. The van der Waals surface area contributed by atoms with Gasteiger partial charge in [-0.05, 0) is 24.1 Å². The van der Waals surface area contributed by atoms with Crippen LogP contribution in [-0.2, 0) is 0 Å². The van der Waals surface area contributed by atoms with Crippen LogP contribution in [0.5, 0.6) is 0 Å². The number of hydrogen-bond acceptors (Lipinski definition) is 3. The van der Waals surface area contributed by atoms with Crippen molar-refractivity contribution in [2.45, 2.75) is 6.92 Å². The van der Waals surface area contributed by atoms with Gasteiger partial charge in [0.25, 0.3) is 0 Å². The minimum absolute atomic E-state index is 0.449. The molecule has 0 aliphatic heterocycles. The van der Waals surface area contributed by atoms with Gasteiger partial charge >= 0.3 is 0 Å². The van der Waals surface area contributed by atoms with Gasteiger partial charge in [0.15, 0.2) is 0 Å². The Balaban J connectivity index is 3.32. The van der Waals surface area contributed by atoms with E-state index in [2.05, 4.69) is 0 Å². The highest BCUT2D eigenvalue weighted by Gasteiger charge is 2.04. The number of nitrogens with zero attached hydrogens (tertiary/aromatic N) is 1. The summed E-state index contributed by atoms with van der Waals surface area (Å²) in [5.74, 6) is 0. The summed E-state index contributed by atoms with van der Waals surface area (Å²) in [5, 5.41) is 8.76. The summed E-state index contributed by atoms with van der Waals surface area (Å²) in [6.07, 6.45) is 1.29. The number of hydrogen-bond donors (Lipinski definition) is 2. The lowest BCUT2D eigenvalue weighted by molar-refractivity contribution is 1.41. The van der Waals surface area contributed by atoms with E-state index in [-0.39, 0.29) is 0 Å². The number of benzene rings is 1. The van der Waals surface area contributed by atoms with Crippen molar-refractivity contribution in [1.82, 2.24) is 0 Å². The van der Waals surface area contributed by atoms with Crippen molar-refractivity contribution >= 4 is 11.3 Å². The fourth-order valence-corrected chi connectivity index (χ4v) is 1.13. The van der Waals surface area contributed by atoms with E-state index in [1.54, 1.807) is 12.1 Å². The fraction of sp³-hybridized carbons (Fsp3) is 0.100. The van der Waals surface area contributed by atoms with Crippen LogP contribution in [0.4, 0.5) is 5.69 Å². The van der Waals surface area contributed by atoms with Crippen LogP contribution in [0, 0.1) is 18.3 Å². The molecule has 13 heavy (non-hydrogen) atoms. The molecule has 0 heterocycles. The number of nitrogen functional groups attached to an aromatic ring is 1. The molecule has 3 nitrogen and oxygen atoms in total. The van der Waals surface area contributed by atoms with Crippen molar-refractivity contribution < 1.29 is 0 Å². The first-order valence-electron chi connectivity index (χ1n) is 3.88. The number of nitriles is 1. The summed E-state index contributed by atoms with van der Waals surface area (Å²) < 4.78 is 0. The number of anilines is 1. The third-order valence-electron chi connectivity index (χ3n) is 1.95. The molecule has 0 bridgehead atoms. The normalized spacial score (nSPS) is 10.9. The molecular weight excluding hydrogens is 162 g/mol. The molecule has 0 fully saturated rings. The van der Waals surface area contributed by atoms with Gasteiger partial charge in [0, 0.05) is 11.9 Å². The summed E-state index contributed by atoms with van der Waals surface area (Å²) >= 11 is 0. The van der Waals surface area contributed by atoms with Gasteiger partial charge in [-0.2, -0.15) is 5.26 Å². The summed E-state index contributed by atoms with van der Waals surface area (Å²) in [6.45, 7) is 1.87. The van der Waals surface area contributed by atoms with E-state index in [1.807, 2.05) is 19.1 Å². The second kappa shape index (κ2) is 3.63. The van der Waals surface area contributed by atoms with Crippen LogP contribution in [-0.4, -0.2) is 0 Å². The first kappa shape index (κ1) is 9.14. The molecule has 1 aromatic rings. The first-order chi connectivity index (χ1) is 6.20. The fourth-order valence-electron chi connectivity index (χ4n) is 1.13. The Labute approximate surface area is 77.3 Å². The lowest BCUT2D eigenvalue weighted by atomic mass is 10.0. The van der Waals surface area contributed by atoms with Crippen molar-refractivity contribution in [1.29, 1.82) is 5.26 Å². The Morgan fingerprint density at radius 2 is 2.23 bits per heavy atom. The maximum atomic E-state index is 8.76. The zero-order valence-corrected chi connectivity index (χ0v) is 7.41. The van der Waals surface area contributed by atoms with Gasteiger partial charge < -0.3 is 11.5 Å². The predicted octanol–water partition coefficient (Wildman–Crippen LogP) is 1.40. The minimum Gasteiger partial charge on any atom is -0.404 e. The highest BCUT2D eigenvalue weighted by atomic mass is 14.6. The molecular formula is C10H11N3. The van der Waals surface area contributed by atoms with Crippen LogP contribution < -0.4 is 11.5 Å². The van der Waals surface area contributed by atoms with Crippen molar-refractivity contribution in [2.75, 3.05) is 5.73 Å². The van der Waals surface area contributed by atoms with Gasteiger partial charge in [-0.1, -0.05) is 12.1 Å². The summed E-state index contributed by atoms with van der Waals surface area (Å²) in [4.78, 5) is 0. The van der Waals surface area contributed by atoms with Gasteiger partial charge in [0.1, 0.15) is 6.07 Å². The minimum atomic E-state index is 0.449. The Morgan fingerprint density at radius 1 is 1.54 bits per heavy atom. The average molecular weight is 173 g/mol. The SMILES string of the molecule is Cc1c(N)cccc1/C(C#N)=C\N. The predicted molar refractivity (Wildman–Crippen MR) is 53.4 cm³/mol. The van der Waals surface area contributed by atoms with Gasteiger partial charge in [-0.25, -0.2) is 0 Å². The Hall–Kier alpha value is -1.95. The average Bonchev–Trinajstić information content (AvgIpc) is 2.14. The smallest absolute Gasteiger partial charge is 0.101 e. The van der Waals surface area contributed by atoms with Gasteiger partial charge in [-0.3, -0.25) is 0 Å². The zero-order valence-electron chi connectivity index (χ0n) is 7.41. The molecule has 1 rings (SSSR count). The van der Waals surface area contributed by atoms with Crippen LogP contribution in [0.25, 0.3) is 5.57 Å². The van der Waals surface area contributed by atoms with E-state index < -0.39 is 0 Å². The molecule has 4 N–H and O–H groups in total. The standard InChI is InChI=1S/C10H11N3/c1-7-9(8(5-11)6-12)3-2-4-10(7)13/h2-5H,11,13H2,1H3/b8-5-. The lowest BCUT2D eigenvalue weighted by Gasteiger charge is -2.05. The maximum absolute atomic E-state index is 8.76. The van der Waals surface area contributed by atoms with E-state index in [0.29, 0.717) is 11.3 Å². The molecule has 0 unspecified atom stereocenters. The quantitative estimate of drug-likeness (QED) is 0.498. The van der Waals surface area contributed by atoms with Gasteiger partial charge in [0.2, 0.25) is 0 Å². The van der Waals surface area contributed by atoms with Crippen LogP contribution in [0.3, 0.4) is 0 Å². The molecule has 1 aromatic carbocycles. The molecule has 0 aliphatic rings. The molecule has 66 valence electrons. The third-order valence-corrected chi connectivity index (χ3v) is 1.95. The molecule has 0 spiro atoms. The third kappa shape index (κ3) is 1.62. The summed E-state index contributed by atoms with van der Waals surface area (Å²) in [5.41, 5.74) is 13.8. The lowest BCUT2D eigenvalue weighted by Crippen LogP contribution is -1.95. The largest absolute Gasteiger partial charge is 0.404 e. The maximum Gasteiger partial charge on any atom is 0.101 e. The molecule has 0 saturated heterocycles. The molecule has 0 radical (unpaired) electrons. The first-order valence-corrected chi connectivity index (χ1v) is 3.88. The molecule has 0 aromatic heterocycles. The van der Waals surface area contributed by atoms with E-state index in [4.69, 9.17) is 16.7 Å². The van der Waals surface area contributed by atoms with Crippen LogP contribution in [0.2, 0.25) is 0 Å². The van der Waals surface area contributed by atoms with Crippen LogP contribution in [0.15, 0.2) is 24.4 Å². The topological polar surface area (TPSA) is 75.8 Å². The van der Waals surface area contributed by atoms with Crippen LogP contribution in [0.1, 0.15) is 11.1 Å². The van der Waals surface area contributed by atoms with Crippen molar-refractivity contribution in [3.63, 3.8) is 0 Å². The zero-order chi connectivity index (χ0) is 9.84. The number of nitrogens with two attached hydrogens (primary N) is 2. The highest BCUT2D eigenvalue weighted by Crippen LogP contribution is 2.21. The van der Waals surface area contributed by atoms with Crippen molar-refractivity contribution in [3.8, 4) is 6.07 Å². The van der Waals surface area contributed by atoms with Gasteiger partial charge in [0.05, 0.1) is 5.57 Å². The van der Waals surface area contributed by atoms with E-state index in [0.717, 1.165) is 11.1 Å².